The van der Waals surface area contributed by atoms with E-state index in [0.29, 0.717) is 18.5 Å². The Hall–Kier alpha value is -1.40. The van der Waals surface area contributed by atoms with Crippen LogP contribution in [-0.4, -0.2) is 47.4 Å². The van der Waals surface area contributed by atoms with E-state index in [9.17, 15) is 19.8 Å². The molecule has 0 aromatic carbocycles. The molecule has 0 bridgehead atoms. The molecule has 3 unspecified atom stereocenters. The van der Waals surface area contributed by atoms with Crippen molar-refractivity contribution in [2.75, 3.05) is 13.2 Å². The number of ether oxygens (including phenoxy) is 1. The Balaban J connectivity index is 2.34. The fraction of sp³-hybridized carbons (Fsp3) is 0.765. The highest BCUT2D eigenvalue weighted by Gasteiger charge is 2.27. The van der Waals surface area contributed by atoms with Gasteiger partial charge in [0.2, 0.25) is 0 Å². The Kier molecular flexibility index (Phi) is 8.26. The molecular formula is C17H29NO5. The molecule has 0 heterocycles. The molecule has 6 nitrogen and oxygen atoms in total. The van der Waals surface area contributed by atoms with Crippen LogP contribution in [0.1, 0.15) is 46.0 Å². The van der Waals surface area contributed by atoms with Crippen molar-refractivity contribution in [2.24, 2.45) is 11.8 Å². The Morgan fingerprint density at radius 2 is 2.00 bits per heavy atom. The maximum absolute atomic E-state index is 11.3. The summed E-state index contributed by atoms with van der Waals surface area (Å²) in [4.78, 5) is 22.5. The van der Waals surface area contributed by atoms with E-state index in [1.165, 1.54) is 0 Å². The van der Waals surface area contributed by atoms with Gasteiger partial charge in [0.15, 0.2) is 0 Å². The lowest BCUT2D eigenvalue weighted by atomic mass is 9.81. The van der Waals surface area contributed by atoms with Gasteiger partial charge in [-0.1, -0.05) is 19.9 Å². The Morgan fingerprint density at radius 3 is 2.61 bits per heavy atom. The maximum Gasteiger partial charge on any atom is 0.333 e. The van der Waals surface area contributed by atoms with Crippen molar-refractivity contribution in [1.82, 2.24) is 5.32 Å². The zero-order chi connectivity index (χ0) is 17.4. The van der Waals surface area contributed by atoms with Crippen molar-refractivity contribution in [2.45, 2.75) is 58.1 Å². The summed E-state index contributed by atoms with van der Waals surface area (Å²) >= 11 is 0. The molecule has 0 aliphatic heterocycles. The highest BCUT2D eigenvalue weighted by Crippen LogP contribution is 2.28. The minimum absolute atomic E-state index is 0.0692. The quantitative estimate of drug-likeness (QED) is 0.487. The van der Waals surface area contributed by atoms with Crippen molar-refractivity contribution in [3.05, 3.63) is 12.2 Å². The molecule has 4 atom stereocenters. The predicted octanol–water partition coefficient (Wildman–Crippen LogP) is 1.73. The largest absolute Gasteiger partial charge is 0.481 e. The topological polar surface area (TPSA) is 95.9 Å². The number of nitrogens with one attached hydrogen (secondary N) is 1. The first kappa shape index (κ1) is 19.6. The number of carboxylic acid groups (broad SMARTS) is 1. The third-order valence-electron chi connectivity index (χ3n) is 4.44. The van der Waals surface area contributed by atoms with E-state index in [-0.39, 0.29) is 24.5 Å². The van der Waals surface area contributed by atoms with Gasteiger partial charge < -0.3 is 20.3 Å². The lowest BCUT2D eigenvalue weighted by Crippen LogP contribution is -2.39. The average Bonchev–Trinajstić information content (AvgIpc) is 2.46. The van der Waals surface area contributed by atoms with Gasteiger partial charge in [0.1, 0.15) is 12.7 Å². The van der Waals surface area contributed by atoms with Crippen LogP contribution >= 0.6 is 0 Å². The van der Waals surface area contributed by atoms with Crippen LogP contribution < -0.4 is 5.32 Å². The summed E-state index contributed by atoms with van der Waals surface area (Å²) in [5, 5.41) is 22.4. The lowest BCUT2D eigenvalue weighted by Gasteiger charge is -2.28. The molecule has 1 aliphatic rings. The standard InChI is InChI=1S/C17H29NO5/c1-11(2)17(22)23-10-14(19)9-18-13-6-4-5-12(3)15(8-7-13)16(20)21/h12-15,18-19H,1,4-10H2,2-3H3,(H,20,21)/t12?,13?,14?,15-/m1/s1. The molecule has 0 amide bonds. The fourth-order valence-electron chi connectivity index (χ4n) is 2.92. The van der Waals surface area contributed by atoms with Crippen LogP contribution in [0.4, 0.5) is 0 Å². The number of carboxylic acids is 1. The zero-order valence-corrected chi connectivity index (χ0v) is 14.1. The molecule has 0 aromatic heterocycles. The second kappa shape index (κ2) is 9.67. The number of rotatable bonds is 7. The van der Waals surface area contributed by atoms with Crippen LogP contribution in [0.25, 0.3) is 0 Å². The third-order valence-corrected chi connectivity index (χ3v) is 4.44. The van der Waals surface area contributed by atoms with Crippen molar-refractivity contribution in [3.63, 3.8) is 0 Å². The second-order valence-corrected chi connectivity index (χ2v) is 6.57. The van der Waals surface area contributed by atoms with Gasteiger partial charge in [-0.15, -0.1) is 0 Å². The van der Waals surface area contributed by atoms with Gasteiger partial charge in [0.25, 0.3) is 0 Å². The third kappa shape index (κ3) is 7.14. The lowest BCUT2D eigenvalue weighted by molar-refractivity contribution is -0.144. The van der Waals surface area contributed by atoms with Gasteiger partial charge in [-0.05, 0) is 38.5 Å². The van der Waals surface area contributed by atoms with Crippen LogP contribution in [0.3, 0.4) is 0 Å². The summed E-state index contributed by atoms with van der Waals surface area (Å²) in [6.07, 6.45) is 3.50. The van der Waals surface area contributed by atoms with Crippen molar-refractivity contribution < 1.29 is 24.5 Å². The average molecular weight is 327 g/mol. The SMILES string of the molecule is C=C(C)C(=O)OCC(O)CNC1CCCC(C)[C@H](C(=O)O)CC1. The molecule has 3 N–H and O–H groups in total. The van der Waals surface area contributed by atoms with Crippen LogP contribution in [0.15, 0.2) is 12.2 Å². The molecule has 1 aliphatic carbocycles. The summed E-state index contributed by atoms with van der Waals surface area (Å²) in [5.41, 5.74) is 0.305. The highest BCUT2D eigenvalue weighted by molar-refractivity contribution is 5.86. The minimum atomic E-state index is -0.780. The van der Waals surface area contributed by atoms with E-state index < -0.39 is 18.0 Å². The number of carbonyl (C=O) groups is 2. The highest BCUT2D eigenvalue weighted by atomic mass is 16.5. The first-order valence-corrected chi connectivity index (χ1v) is 8.28. The fourth-order valence-corrected chi connectivity index (χ4v) is 2.92. The zero-order valence-electron chi connectivity index (χ0n) is 14.1. The van der Waals surface area contributed by atoms with Crippen LogP contribution in [-0.2, 0) is 14.3 Å². The number of aliphatic hydroxyl groups is 1. The Bertz CT molecular complexity index is 423. The second-order valence-electron chi connectivity index (χ2n) is 6.57. The monoisotopic (exact) mass is 327 g/mol. The summed E-state index contributed by atoms with van der Waals surface area (Å²) in [6, 6.07) is 0.191. The number of esters is 1. The Labute approximate surface area is 137 Å². The summed E-state index contributed by atoms with van der Waals surface area (Å²) in [6.45, 7) is 7.29. The molecule has 23 heavy (non-hydrogen) atoms. The molecule has 0 spiro atoms. The van der Waals surface area contributed by atoms with Gasteiger partial charge in [-0.25, -0.2) is 4.79 Å². The van der Waals surface area contributed by atoms with Gasteiger partial charge in [-0.2, -0.15) is 0 Å². The van der Waals surface area contributed by atoms with Gasteiger partial charge in [0.05, 0.1) is 5.92 Å². The number of hydrogen-bond acceptors (Lipinski definition) is 5. The summed E-state index contributed by atoms with van der Waals surface area (Å²) < 4.78 is 4.91. The molecule has 1 fully saturated rings. The van der Waals surface area contributed by atoms with Gasteiger partial charge in [0, 0.05) is 18.2 Å². The summed E-state index contributed by atoms with van der Waals surface area (Å²) in [7, 11) is 0. The molecule has 0 radical (unpaired) electrons. The normalized spacial score (nSPS) is 26.7. The first-order valence-electron chi connectivity index (χ1n) is 8.28. The molecule has 0 saturated heterocycles. The van der Waals surface area contributed by atoms with Crippen molar-refractivity contribution in [3.8, 4) is 0 Å². The van der Waals surface area contributed by atoms with E-state index in [1.54, 1.807) is 6.92 Å². The minimum Gasteiger partial charge on any atom is -0.481 e. The number of carbonyl (C=O) groups excluding carboxylic acids is 1. The molecule has 0 aromatic rings. The molecule has 1 rings (SSSR count). The predicted molar refractivity (Wildman–Crippen MR) is 86.9 cm³/mol. The first-order chi connectivity index (χ1) is 10.8. The van der Waals surface area contributed by atoms with Crippen LogP contribution in [0.2, 0.25) is 0 Å². The smallest absolute Gasteiger partial charge is 0.333 e. The van der Waals surface area contributed by atoms with Crippen molar-refractivity contribution in [1.29, 1.82) is 0 Å². The number of hydrogen-bond donors (Lipinski definition) is 3. The van der Waals surface area contributed by atoms with Crippen LogP contribution in [0, 0.1) is 11.8 Å². The number of aliphatic carboxylic acids is 1. The Morgan fingerprint density at radius 1 is 1.30 bits per heavy atom. The molecule has 1 saturated carbocycles. The van der Waals surface area contributed by atoms with E-state index in [2.05, 4.69) is 11.9 Å². The maximum atomic E-state index is 11.3. The van der Waals surface area contributed by atoms with E-state index in [4.69, 9.17) is 4.74 Å². The van der Waals surface area contributed by atoms with E-state index in [1.807, 2.05) is 6.92 Å². The van der Waals surface area contributed by atoms with E-state index in [0.717, 1.165) is 25.7 Å². The number of aliphatic hydroxyl groups excluding tert-OH is 1. The van der Waals surface area contributed by atoms with Gasteiger partial charge >= 0.3 is 11.9 Å². The van der Waals surface area contributed by atoms with Crippen LogP contribution in [0.5, 0.6) is 0 Å². The molecular weight excluding hydrogens is 298 g/mol. The van der Waals surface area contributed by atoms with E-state index >= 15 is 0 Å². The summed E-state index contributed by atoms with van der Waals surface area (Å²) in [5.74, 6) is -1.31. The molecule has 132 valence electrons. The van der Waals surface area contributed by atoms with Gasteiger partial charge in [-0.3, -0.25) is 4.79 Å². The van der Waals surface area contributed by atoms with Crippen molar-refractivity contribution >= 4 is 11.9 Å². The molecule has 6 heteroatoms.